The van der Waals surface area contributed by atoms with Crippen LogP contribution >= 0.6 is 11.3 Å². The van der Waals surface area contributed by atoms with Gasteiger partial charge in [-0.15, -0.1) is 11.3 Å². The number of benzene rings is 9. The van der Waals surface area contributed by atoms with Crippen molar-refractivity contribution in [1.82, 2.24) is 19.5 Å². The van der Waals surface area contributed by atoms with Crippen LogP contribution in [0.2, 0.25) is 0 Å². The van der Waals surface area contributed by atoms with Crippen molar-refractivity contribution in [1.29, 1.82) is 0 Å². The van der Waals surface area contributed by atoms with E-state index in [4.69, 9.17) is 15.0 Å². The fourth-order valence-corrected chi connectivity index (χ4v) is 9.90. The van der Waals surface area contributed by atoms with Crippen molar-refractivity contribution in [2.75, 3.05) is 0 Å². The number of aromatic nitrogens is 4. The molecule has 0 spiro atoms. The first kappa shape index (κ1) is 32.7. The molecule has 0 radical (unpaired) electrons. The Bertz CT molecular complexity index is 3570. The highest BCUT2D eigenvalue weighted by Gasteiger charge is 2.21. The van der Waals surface area contributed by atoms with Crippen molar-refractivity contribution in [3.8, 4) is 51.0 Å². The Balaban J connectivity index is 1.14. The molecule has 58 heavy (non-hydrogen) atoms. The fourth-order valence-electron chi connectivity index (χ4n) is 8.77. The summed E-state index contributed by atoms with van der Waals surface area (Å²) in [6.45, 7) is 0. The third-order valence-electron chi connectivity index (χ3n) is 11.4. The van der Waals surface area contributed by atoms with Gasteiger partial charge in [-0.25, -0.2) is 15.0 Å². The molecule has 4 nitrogen and oxygen atoms in total. The number of fused-ring (bicyclic) bond motifs is 9. The van der Waals surface area contributed by atoms with E-state index in [2.05, 4.69) is 180 Å². The molecule has 0 atom stereocenters. The number of nitrogens with zero attached hydrogens (tertiary/aromatic N) is 4. The van der Waals surface area contributed by atoms with Crippen LogP contribution < -0.4 is 0 Å². The zero-order chi connectivity index (χ0) is 38.2. The predicted octanol–water partition coefficient (Wildman–Crippen LogP) is 14.3. The van der Waals surface area contributed by atoms with E-state index in [9.17, 15) is 0 Å². The zero-order valence-electron chi connectivity index (χ0n) is 31.2. The molecule has 5 heteroatoms. The molecule has 3 heterocycles. The lowest BCUT2D eigenvalue weighted by Crippen LogP contribution is -2.02. The normalized spacial score (nSPS) is 11.8. The second-order valence-corrected chi connectivity index (χ2v) is 15.9. The summed E-state index contributed by atoms with van der Waals surface area (Å²) in [7, 11) is 0. The molecule has 0 saturated carbocycles. The molecule has 12 aromatic rings. The molecule has 270 valence electrons. The SMILES string of the molecule is c1ccc(-c2nc(-c3ccc(-n4c5cc6ccccc6cc5c5c6ccccc6ccc54)cc3-c3ccccc3)nc(-c3cccc4sc5ccccc5c34)n2)cc1. The van der Waals surface area contributed by atoms with Gasteiger partial charge in [-0.1, -0.05) is 146 Å². The Morgan fingerprint density at radius 1 is 0.345 bits per heavy atom. The molecular weight excluding hydrogens is 725 g/mol. The minimum absolute atomic E-state index is 0.630. The standard InChI is InChI=1S/C53H32N4S/c1-3-14-33(15-4-1)43-32-38(57-45-29-26-34-16-9-10-21-39(34)49(45)44-30-36-19-7-8-20-37(36)31-46(44)57)27-28-40(43)52-54-51(35-17-5-2-6-18-35)55-53(56-52)42-23-13-25-48-50(42)41-22-11-12-24-47(41)58-48/h1-32H. The highest BCUT2D eigenvalue weighted by atomic mass is 32.1. The summed E-state index contributed by atoms with van der Waals surface area (Å²) >= 11 is 1.80. The molecule has 0 amide bonds. The highest BCUT2D eigenvalue weighted by Crippen LogP contribution is 2.43. The van der Waals surface area contributed by atoms with Gasteiger partial charge in [-0.2, -0.15) is 0 Å². The summed E-state index contributed by atoms with van der Waals surface area (Å²) in [5, 5.41) is 9.80. The molecule has 0 saturated heterocycles. The van der Waals surface area contributed by atoms with Crippen LogP contribution in [0, 0.1) is 0 Å². The number of thiophene rings is 1. The summed E-state index contributed by atoms with van der Waals surface area (Å²) in [5.74, 6) is 1.92. The third kappa shape index (κ3) is 5.18. The average Bonchev–Trinajstić information content (AvgIpc) is 3.84. The maximum atomic E-state index is 5.36. The molecule has 0 aliphatic carbocycles. The van der Waals surface area contributed by atoms with E-state index in [1.807, 2.05) is 18.2 Å². The van der Waals surface area contributed by atoms with Crippen molar-refractivity contribution in [2.24, 2.45) is 0 Å². The highest BCUT2D eigenvalue weighted by molar-refractivity contribution is 7.25. The first-order valence-electron chi connectivity index (χ1n) is 19.5. The predicted molar refractivity (Wildman–Crippen MR) is 244 cm³/mol. The van der Waals surface area contributed by atoms with Crippen LogP contribution in [0.1, 0.15) is 0 Å². The van der Waals surface area contributed by atoms with Crippen LogP contribution in [0.15, 0.2) is 194 Å². The smallest absolute Gasteiger partial charge is 0.164 e. The minimum atomic E-state index is 0.630. The summed E-state index contributed by atoms with van der Waals surface area (Å²) in [5.41, 5.74) is 8.42. The van der Waals surface area contributed by atoms with E-state index in [0.29, 0.717) is 17.5 Å². The topological polar surface area (TPSA) is 43.6 Å². The van der Waals surface area contributed by atoms with Gasteiger partial charge in [0.25, 0.3) is 0 Å². The van der Waals surface area contributed by atoms with Crippen molar-refractivity contribution in [2.45, 2.75) is 0 Å². The summed E-state index contributed by atoms with van der Waals surface area (Å²) in [6.07, 6.45) is 0. The zero-order valence-corrected chi connectivity index (χ0v) is 32.0. The number of rotatable bonds is 5. The van der Waals surface area contributed by atoms with Crippen LogP contribution in [0.4, 0.5) is 0 Å². The van der Waals surface area contributed by atoms with Gasteiger partial charge in [0.1, 0.15) is 0 Å². The molecule has 0 aliphatic heterocycles. The van der Waals surface area contributed by atoms with E-state index in [0.717, 1.165) is 33.5 Å². The van der Waals surface area contributed by atoms with Gasteiger partial charge in [0, 0.05) is 53.3 Å². The van der Waals surface area contributed by atoms with E-state index < -0.39 is 0 Å². The summed E-state index contributed by atoms with van der Waals surface area (Å²) in [4.78, 5) is 15.8. The van der Waals surface area contributed by atoms with Gasteiger partial charge in [-0.05, 0) is 81.2 Å². The van der Waals surface area contributed by atoms with Gasteiger partial charge in [0.05, 0.1) is 11.0 Å². The van der Waals surface area contributed by atoms with Crippen LogP contribution in [-0.4, -0.2) is 19.5 Å². The first-order valence-corrected chi connectivity index (χ1v) is 20.3. The van der Waals surface area contributed by atoms with E-state index >= 15 is 0 Å². The monoisotopic (exact) mass is 756 g/mol. The molecule has 3 aromatic heterocycles. The van der Waals surface area contributed by atoms with Gasteiger partial charge < -0.3 is 4.57 Å². The molecule has 0 unspecified atom stereocenters. The quantitative estimate of drug-likeness (QED) is 0.176. The number of hydrogen-bond donors (Lipinski definition) is 0. The molecule has 0 N–H and O–H groups in total. The average molecular weight is 757 g/mol. The maximum Gasteiger partial charge on any atom is 0.164 e. The second-order valence-electron chi connectivity index (χ2n) is 14.8. The van der Waals surface area contributed by atoms with Gasteiger partial charge in [0.2, 0.25) is 0 Å². The Morgan fingerprint density at radius 3 is 1.79 bits per heavy atom. The Labute approximate surface area is 338 Å². The van der Waals surface area contributed by atoms with Crippen molar-refractivity contribution in [3.05, 3.63) is 194 Å². The summed E-state index contributed by atoms with van der Waals surface area (Å²) < 4.78 is 4.88. The van der Waals surface area contributed by atoms with Crippen molar-refractivity contribution >= 4 is 74.9 Å². The maximum absolute atomic E-state index is 5.36. The molecule has 12 rings (SSSR count). The third-order valence-corrected chi connectivity index (χ3v) is 12.6. The molecule has 0 fully saturated rings. The number of hydrogen-bond acceptors (Lipinski definition) is 4. The second kappa shape index (κ2) is 13.1. The van der Waals surface area contributed by atoms with Gasteiger partial charge >= 0.3 is 0 Å². The Hall–Kier alpha value is -7.47. The van der Waals surface area contributed by atoms with Gasteiger partial charge in [-0.3, -0.25) is 0 Å². The van der Waals surface area contributed by atoms with Crippen molar-refractivity contribution in [3.63, 3.8) is 0 Å². The molecular formula is C53H32N4S. The van der Waals surface area contributed by atoms with Gasteiger partial charge in [0.15, 0.2) is 17.5 Å². The van der Waals surface area contributed by atoms with Crippen LogP contribution in [-0.2, 0) is 0 Å². The van der Waals surface area contributed by atoms with E-state index in [1.54, 1.807) is 11.3 Å². The lowest BCUT2D eigenvalue weighted by Gasteiger charge is -2.16. The lowest BCUT2D eigenvalue weighted by molar-refractivity contribution is 1.08. The van der Waals surface area contributed by atoms with Crippen LogP contribution in [0.5, 0.6) is 0 Å². The fraction of sp³-hybridized carbons (Fsp3) is 0. The Kier molecular flexibility index (Phi) is 7.37. The van der Waals surface area contributed by atoms with E-state index in [-0.39, 0.29) is 0 Å². The Morgan fingerprint density at radius 2 is 0.983 bits per heavy atom. The van der Waals surface area contributed by atoms with E-state index in [1.165, 1.54) is 63.5 Å². The molecule has 9 aromatic carbocycles. The molecule has 0 bridgehead atoms. The van der Waals surface area contributed by atoms with Crippen molar-refractivity contribution < 1.29 is 0 Å². The first-order chi connectivity index (χ1) is 28.7. The van der Waals surface area contributed by atoms with Crippen LogP contribution in [0.25, 0.3) is 115 Å². The summed E-state index contributed by atoms with van der Waals surface area (Å²) in [6, 6.07) is 69.2. The molecule has 0 aliphatic rings. The lowest BCUT2D eigenvalue weighted by atomic mass is 9.98. The minimum Gasteiger partial charge on any atom is -0.309 e. The van der Waals surface area contributed by atoms with Crippen LogP contribution in [0.3, 0.4) is 0 Å². The largest absolute Gasteiger partial charge is 0.309 e.